The van der Waals surface area contributed by atoms with Crippen LogP contribution in [-0.4, -0.2) is 15.7 Å². The van der Waals surface area contributed by atoms with E-state index in [2.05, 4.69) is 10.4 Å². The number of benzene rings is 2. The number of halogens is 2. The number of aryl methyl sites for hydroxylation is 2. The second-order valence-electron chi connectivity index (χ2n) is 5.90. The maximum absolute atomic E-state index is 12.4. The quantitative estimate of drug-likeness (QED) is 0.690. The molecule has 0 radical (unpaired) electrons. The van der Waals surface area contributed by atoms with Gasteiger partial charge in [0.15, 0.2) is 5.82 Å². The minimum atomic E-state index is -0.234. The van der Waals surface area contributed by atoms with Crippen LogP contribution in [0.25, 0.3) is 0 Å². The van der Waals surface area contributed by atoms with Gasteiger partial charge in [-0.15, -0.1) is 0 Å². The van der Waals surface area contributed by atoms with Gasteiger partial charge in [-0.1, -0.05) is 41.4 Å². The summed E-state index contributed by atoms with van der Waals surface area (Å²) >= 11 is 12.1. The fraction of sp³-hybridized carbons (Fsp3) is 0.158. The van der Waals surface area contributed by atoms with Crippen LogP contribution in [0, 0.1) is 13.8 Å². The average Bonchev–Trinajstić information content (AvgIpc) is 2.91. The minimum Gasteiger partial charge on any atom is -0.304 e. The van der Waals surface area contributed by atoms with Gasteiger partial charge < -0.3 is 5.32 Å². The predicted octanol–water partition coefficient (Wildman–Crippen LogP) is 5.11. The Kier molecular flexibility index (Phi) is 5.11. The molecule has 0 aliphatic carbocycles. The molecule has 25 heavy (non-hydrogen) atoms. The smallest absolute Gasteiger partial charge is 0.256 e. The molecule has 1 aromatic heterocycles. The Morgan fingerprint density at radius 1 is 1.08 bits per heavy atom. The lowest BCUT2D eigenvalue weighted by atomic mass is 10.1. The second-order valence-corrected chi connectivity index (χ2v) is 6.75. The van der Waals surface area contributed by atoms with Gasteiger partial charge in [-0.2, -0.15) is 5.10 Å². The molecule has 0 bridgehead atoms. The molecule has 0 unspecified atom stereocenters. The molecule has 0 aliphatic rings. The van der Waals surface area contributed by atoms with Crippen molar-refractivity contribution in [2.24, 2.45) is 0 Å². The molecule has 0 saturated carbocycles. The molecule has 0 spiro atoms. The van der Waals surface area contributed by atoms with E-state index in [1.165, 1.54) is 0 Å². The van der Waals surface area contributed by atoms with Gasteiger partial charge in [0, 0.05) is 16.8 Å². The number of anilines is 1. The van der Waals surface area contributed by atoms with Gasteiger partial charge in [0.05, 0.1) is 6.54 Å². The highest BCUT2D eigenvalue weighted by molar-refractivity contribution is 6.33. The SMILES string of the molecule is Cc1ccc(C(=O)Nc2nn(Cc3ccc(Cl)cc3)cc2Cl)cc1C. The van der Waals surface area contributed by atoms with Crippen LogP contribution in [0.1, 0.15) is 27.0 Å². The molecule has 0 aliphatic heterocycles. The van der Waals surface area contributed by atoms with Crippen LogP contribution >= 0.6 is 23.2 Å². The minimum absolute atomic E-state index is 0.234. The molecule has 0 fully saturated rings. The standard InChI is InChI=1S/C19H17Cl2N3O/c1-12-3-6-15(9-13(12)2)19(25)22-18-17(21)11-24(23-18)10-14-4-7-16(20)8-5-14/h3-9,11H,10H2,1-2H3,(H,22,23,25). The van der Waals surface area contributed by atoms with Crippen LogP contribution < -0.4 is 5.32 Å². The van der Waals surface area contributed by atoms with Crippen LogP contribution in [0.4, 0.5) is 5.82 Å². The summed E-state index contributed by atoms with van der Waals surface area (Å²) in [7, 11) is 0. The summed E-state index contributed by atoms with van der Waals surface area (Å²) in [6, 6.07) is 13.1. The van der Waals surface area contributed by atoms with E-state index >= 15 is 0 Å². The highest BCUT2D eigenvalue weighted by Crippen LogP contribution is 2.21. The number of nitrogens with one attached hydrogen (secondary N) is 1. The second kappa shape index (κ2) is 7.30. The molecule has 1 N–H and O–H groups in total. The van der Waals surface area contributed by atoms with Gasteiger partial charge in [0.25, 0.3) is 5.91 Å². The number of hydrogen-bond donors (Lipinski definition) is 1. The molecule has 4 nitrogen and oxygen atoms in total. The zero-order chi connectivity index (χ0) is 18.0. The number of hydrogen-bond acceptors (Lipinski definition) is 2. The Balaban J connectivity index is 1.74. The molecule has 128 valence electrons. The normalized spacial score (nSPS) is 10.7. The van der Waals surface area contributed by atoms with E-state index in [-0.39, 0.29) is 5.91 Å². The zero-order valence-corrected chi connectivity index (χ0v) is 15.4. The Hall–Kier alpha value is -2.30. The van der Waals surface area contributed by atoms with E-state index in [0.717, 1.165) is 16.7 Å². The first-order valence-corrected chi connectivity index (χ1v) is 8.54. The van der Waals surface area contributed by atoms with Crippen molar-refractivity contribution in [3.05, 3.63) is 81.0 Å². The van der Waals surface area contributed by atoms with Gasteiger partial charge >= 0.3 is 0 Å². The van der Waals surface area contributed by atoms with E-state index in [1.807, 2.05) is 50.2 Å². The highest BCUT2D eigenvalue weighted by atomic mass is 35.5. The predicted molar refractivity (Wildman–Crippen MR) is 102 cm³/mol. The lowest BCUT2D eigenvalue weighted by molar-refractivity contribution is 0.102. The summed E-state index contributed by atoms with van der Waals surface area (Å²) in [5, 5.41) is 8.20. The molecule has 3 rings (SSSR count). The first kappa shape index (κ1) is 17.5. The number of nitrogens with zero attached hydrogens (tertiary/aromatic N) is 2. The molecule has 0 atom stereocenters. The zero-order valence-electron chi connectivity index (χ0n) is 13.9. The fourth-order valence-electron chi connectivity index (χ4n) is 2.40. The Bertz CT molecular complexity index is 917. The van der Waals surface area contributed by atoms with Crippen molar-refractivity contribution in [2.75, 3.05) is 5.32 Å². The third-order valence-corrected chi connectivity index (χ3v) is 4.50. The van der Waals surface area contributed by atoms with Gasteiger partial charge in [0.1, 0.15) is 5.02 Å². The molecule has 2 aromatic carbocycles. The first-order chi connectivity index (χ1) is 11.9. The number of rotatable bonds is 4. The van der Waals surface area contributed by atoms with E-state index < -0.39 is 0 Å². The summed E-state index contributed by atoms with van der Waals surface area (Å²) in [5.41, 5.74) is 3.82. The van der Waals surface area contributed by atoms with Gasteiger partial charge in [0.2, 0.25) is 0 Å². The van der Waals surface area contributed by atoms with Crippen molar-refractivity contribution in [1.82, 2.24) is 9.78 Å². The third-order valence-electron chi connectivity index (χ3n) is 3.98. The summed E-state index contributed by atoms with van der Waals surface area (Å²) in [5.74, 6) is 0.112. The van der Waals surface area contributed by atoms with Crippen LogP contribution in [0.3, 0.4) is 0 Å². The van der Waals surface area contributed by atoms with Crippen molar-refractivity contribution >= 4 is 34.9 Å². The van der Waals surface area contributed by atoms with Crippen molar-refractivity contribution in [3.63, 3.8) is 0 Å². The topological polar surface area (TPSA) is 46.9 Å². The average molecular weight is 374 g/mol. The Morgan fingerprint density at radius 2 is 1.80 bits per heavy atom. The lowest BCUT2D eigenvalue weighted by Gasteiger charge is -2.06. The van der Waals surface area contributed by atoms with Crippen molar-refractivity contribution in [3.8, 4) is 0 Å². The van der Waals surface area contributed by atoms with Crippen molar-refractivity contribution in [2.45, 2.75) is 20.4 Å². The first-order valence-electron chi connectivity index (χ1n) is 7.78. The Morgan fingerprint density at radius 3 is 2.48 bits per heavy atom. The molecule has 1 heterocycles. The summed E-state index contributed by atoms with van der Waals surface area (Å²) < 4.78 is 1.68. The molecule has 3 aromatic rings. The van der Waals surface area contributed by atoms with Gasteiger partial charge in [-0.3, -0.25) is 9.48 Å². The molecular formula is C19H17Cl2N3O. The summed E-state index contributed by atoms with van der Waals surface area (Å²) in [6.45, 7) is 4.52. The molecule has 1 amide bonds. The fourth-order valence-corrected chi connectivity index (χ4v) is 2.73. The number of carbonyl (C=O) groups excluding carboxylic acids is 1. The molecular weight excluding hydrogens is 357 g/mol. The number of carbonyl (C=O) groups is 1. The lowest BCUT2D eigenvalue weighted by Crippen LogP contribution is -2.13. The highest BCUT2D eigenvalue weighted by Gasteiger charge is 2.13. The van der Waals surface area contributed by atoms with Crippen LogP contribution in [0.2, 0.25) is 10.0 Å². The number of aromatic nitrogens is 2. The summed E-state index contributed by atoms with van der Waals surface area (Å²) in [6.07, 6.45) is 1.69. The van der Waals surface area contributed by atoms with E-state index in [1.54, 1.807) is 16.9 Å². The molecule has 0 saturated heterocycles. The van der Waals surface area contributed by atoms with Crippen LogP contribution in [-0.2, 0) is 6.54 Å². The molecule has 6 heteroatoms. The third kappa shape index (κ3) is 4.21. The van der Waals surface area contributed by atoms with Crippen molar-refractivity contribution < 1.29 is 4.79 Å². The Labute approximate surface area is 156 Å². The van der Waals surface area contributed by atoms with E-state index in [9.17, 15) is 4.79 Å². The van der Waals surface area contributed by atoms with Crippen molar-refractivity contribution in [1.29, 1.82) is 0 Å². The van der Waals surface area contributed by atoms with E-state index in [0.29, 0.717) is 28.0 Å². The maximum Gasteiger partial charge on any atom is 0.256 e. The monoisotopic (exact) mass is 373 g/mol. The maximum atomic E-state index is 12.4. The van der Waals surface area contributed by atoms with E-state index in [4.69, 9.17) is 23.2 Å². The van der Waals surface area contributed by atoms with Gasteiger partial charge in [-0.25, -0.2) is 0 Å². The summed E-state index contributed by atoms with van der Waals surface area (Å²) in [4.78, 5) is 12.4. The van der Waals surface area contributed by atoms with Crippen LogP contribution in [0.15, 0.2) is 48.7 Å². The van der Waals surface area contributed by atoms with Gasteiger partial charge in [-0.05, 0) is 54.8 Å². The van der Waals surface area contributed by atoms with Crippen LogP contribution in [0.5, 0.6) is 0 Å². The number of amides is 1. The largest absolute Gasteiger partial charge is 0.304 e.